The van der Waals surface area contributed by atoms with E-state index in [1.165, 1.54) is 0 Å². The normalized spacial score (nSPS) is 17.2. The lowest BCUT2D eigenvalue weighted by molar-refractivity contribution is -0.116. The molecule has 3 atom stereocenters. The number of hydrogen-bond donors (Lipinski definition) is 0. The maximum atomic E-state index is 14.5. The Kier molecular flexibility index (Phi) is 20.7. The van der Waals surface area contributed by atoms with E-state index in [1.54, 1.807) is 6.55 Å². The molecule has 0 N–H and O–H groups in total. The molecule has 0 rings (SSSR count). The first kappa shape index (κ1) is 46.6. The van der Waals surface area contributed by atoms with Crippen LogP contribution in [0.15, 0.2) is 0 Å². The zero-order valence-corrected chi connectivity index (χ0v) is 36.7. The van der Waals surface area contributed by atoms with Crippen molar-refractivity contribution in [2.45, 2.75) is 155 Å². The van der Waals surface area contributed by atoms with Gasteiger partial charge < -0.3 is 35.4 Å². The van der Waals surface area contributed by atoms with E-state index in [1.807, 2.05) is 62.3 Å². The molecule has 278 valence electrons. The number of alkyl halides is 3. The summed E-state index contributed by atoms with van der Waals surface area (Å²) in [5, 5.41) is -1.06. The molecule has 0 aromatic rings. The van der Waals surface area contributed by atoms with Crippen LogP contribution in [0.3, 0.4) is 0 Å². The third-order valence-corrected chi connectivity index (χ3v) is 27.1. The van der Waals surface area contributed by atoms with Crippen LogP contribution in [0.1, 0.15) is 75.2 Å². The smallest absolute Gasteiger partial charge is 0.414 e. The van der Waals surface area contributed by atoms with Gasteiger partial charge in [-0.1, -0.05) is 32.5 Å². The molecule has 0 saturated heterocycles. The maximum absolute atomic E-state index is 14.5. The fraction of sp³-hybridized carbons (Fsp3) is 1.00. The summed E-state index contributed by atoms with van der Waals surface area (Å²) < 4.78 is 93.7. The zero-order valence-electron chi connectivity index (χ0n) is 31.7. The minimum atomic E-state index is -4.39. The predicted octanol–water partition coefficient (Wildman–Crippen LogP) is 9.19. The van der Waals surface area contributed by atoms with Gasteiger partial charge in [0.15, 0.2) is 8.32 Å². The largest absolute Gasteiger partial charge is 0.500 e. The van der Waals surface area contributed by atoms with Crippen molar-refractivity contribution >= 4 is 42.3 Å². The molecule has 0 heterocycles. The summed E-state index contributed by atoms with van der Waals surface area (Å²) in [6.45, 7) is 30.4. The van der Waals surface area contributed by atoms with Crippen LogP contribution < -0.4 is 0 Å². The van der Waals surface area contributed by atoms with E-state index >= 15 is 0 Å². The Balaban J connectivity index is 6.44. The summed E-state index contributed by atoms with van der Waals surface area (Å²) in [5.74, 6) is 0. The minimum Gasteiger partial charge on any atom is -0.414 e. The van der Waals surface area contributed by atoms with Gasteiger partial charge in [0.1, 0.15) is 0 Å². The highest BCUT2D eigenvalue weighted by Gasteiger charge is 2.58. The first-order valence-corrected chi connectivity index (χ1v) is 30.3. The summed E-state index contributed by atoms with van der Waals surface area (Å²) in [4.78, 5) is 0. The SMILES string of the molecule is CCCC(C)(O[Si](C)(C)CC[Si](OCC)(OCC)OCC)[Si](C)(CC(F)(F)F)O[C@H](C)[Si](C)(C)CC[Si](OCC)(OCC)OCC. The molecule has 2 unspecified atom stereocenters. The number of halogens is 3. The molecular formula is C30H69F3O8Si5. The predicted molar refractivity (Wildman–Crippen MR) is 193 cm³/mol. The van der Waals surface area contributed by atoms with Crippen LogP contribution in [0.25, 0.3) is 0 Å². The lowest BCUT2D eigenvalue weighted by Crippen LogP contribution is -2.66. The van der Waals surface area contributed by atoms with Crippen LogP contribution in [0.4, 0.5) is 13.2 Å². The molecule has 16 heteroatoms. The van der Waals surface area contributed by atoms with Crippen LogP contribution in [0, 0.1) is 0 Å². The van der Waals surface area contributed by atoms with Gasteiger partial charge in [-0.15, -0.1) is 0 Å². The third kappa shape index (κ3) is 15.2. The third-order valence-electron chi connectivity index (χ3n) is 8.72. The van der Waals surface area contributed by atoms with Gasteiger partial charge in [0.25, 0.3) is 0 Å². The fourth-order valence-electron chi connectivity index (χ4n) is 5.98. The van der Waals surface area contributed by atoms with Gasteiger partial charge in [0, 0.05) is 57.5 Å². The molecule has 0 fully saturated rings. The van der Waals surface area contributed by atoms with Crippen molar-refractivity contribution in [1.82, 2.24) is 0 Å². The molecule has 0 amide bonds. The molecule has 0 bridgehead atoms. The lowest BCUT2D eigenvalue weighted by atomic mass is 10.2. The molecule has 0 aromatic heterocycles. The van der Waals surface area contributed by atoms with Crippen molar-refractivity contribution in [1.29, 1.82) is 0 Å². The van der Waals surface area contributed by atoms with E-state index in [-0.39, 0.29) is 5.73 Å². The van der Waals surface area contributed by atoms with Crippen molar-refractivity contribution in [3.63, 3.8) is 0 Å². The van der Waals surface area contributed by atoms with Gasteiger partial charge >= 0.3 is 23.8 Å². The van der Waals surface area contributed by atoms with E-state index in [0.29, 0.717) is 70.6 Å². The average molecular weight is 755 g/mol. The molecule has 0 aliphatic heterocycles. The van der Waals surface area contributed by atoms with Gasteiger partial charge in [0.2, 0.25) is 8.32 Å². The van der Waals surface area contributed by atoms with Gasteiger partial charge in [-0.3, -0.25) is 0 Å². The van der Waals surface area contributed by atoms with Crippen molar-refractivity contribution in [2.24, 2.45) is 0 Å². The second-order valence-corrected chi connectivity index (χ2v) is 32.7. The Labute approximate surface area is 285 Å². The highest BCUT2D eigenvalue weighted by atomic mass is 28.4. The zero-order chi connectivity index (χ0) is 35.9. The minimum absolute atomic E-state index is 0.346. The van der Waals surface area contributed by atoms with Crippen molar-refractivity contribution in [3.8, 4) is 0 Å². The Morgan fingerprint density at radius 1 is 0.587 bits per heavy atom. The first-order chi connectivity index (χ1) is 21.1. The van der Waals surface area contributed by atoms with Crippen LogP contribution >= 0.6 is 0 Å². The Morgan fingerprint density at radius 2 is 0.957 bits per heavy atom. The fourth-order valence-corrected chi connectivity index (χ4v) is 26.0. The van der Waals surface area contributed by atoms with Crippen molar-refractivity contribution in [3.05, 3.63) is 0 Å². The molecule has 0 aliphatic carbocycles. The van der Waals surface area contributed by atoms with Crippen LogP contribution in [0.5, 0.6) is 0 Å². The first-order valence-electron chi connectivity index (χ1n) is 17.4. The molecular weight excluding hydrogens is 686 g/mol. The topological polar surface area (TPSA) is 73.8 Å². The van der Waals surface area contributed by atoms with Gasteiger partial charge in [-0.05, 0) is 87.5 Å². The van der Waals surface area contributed by atoms with Crippen LogP contribution in [-0.2, 0) is 35.4 Å². The summed E-state index contributed by atoms with van der Waals surface area (Å²) >= 11 is 0. The Bertz CT molecular complexity index is 809. The molecule has 46 heavy (non-hydrogen) atoms. The van der Waals surface area contributed by atoms with E-state index in [2.05, 4.69) is 26.2 Å². The summed E-state index contributed by atoms with van der Waals surface area (Å²) in [6.07, 6.45) is -3.23. The van der Waals surface area contributed by atoms with E-state index in [9.17, 15) is 13.2 Å². The second-order valence-electron chi connectivity index (χ2n) is 13.6. The van der Waals surface area contributed by atoms with Gasteiger partial charge in [-0.25, -0.2) is 0 Å². The number of hydrogen-bond acceptors (Lipinski definition) is 8. The molecule has 0 aliphatic rings. The standard InChI is InChI=1S/C30H69F3O8Si5/c1-15-22-29(9,41-43(12,13)24-26-46(37-19-5,38-20-6)39-21-7)44(14,27-30(31,32)33)40-28(8)42(10,11)23-25-45(34-16-2,35-17-3)36-18-4/h28H,15-27H2,1-14H3/t28-,29?,44?/m0/s1. The average Bonchev–Trinajstić information content (AvgIpc) is 2.90. The Hall–Kier alpha value is 0.554. The summed E-state index contributed by atoms with van der Waals surface area (Å²) in [7, 11) is -14.3. The molecule has 0 aromatic carbocycles. The highest BCUT2D eigenvalue weighted by Crippen LogP contribution is 2.44. The highest BCUT2D eigenvalue weighted by molar-refractivity contribution is 6.83. The summed E-state index contributed by atoms with van der Waals surface area (Å²) in [5.41, 5.74) is -0.346. The Morgan fingerprint density at radius 3 is 1.28 bits per heavy atom. The van der Waals surface area contributed by atoms with E-state index in [0.717, 1.165) is 6.04 Å². The molecule has 0 spiro atoms. The van der Waals surface area contributed by atoms with E-state index < -0.39 is 59.8 Å². The lowest BCUT2D eigenvalue weighted by Gasteiger charge is -2.51. The van der Waals surface area contributed by atoms with E-state index in [4.69, 9.17) is 35.4 Å². The monoisotopic (exact) mass is 754 g/mol. The van der Waals surface area contributed by atoms with Crippen molar-refractivity contribution < 1.29 is 48.6 Å². The van der Waals surface area contributed by atoms with Crippen LogP contribution in [0.2, 0.25) is 63.0 Å². The van der Waals surface area contributed by atoms with Crippen molar-refractivity contribution in [2.75, 3.05) is 39.6 Å². The molecule has 0 radical (unpaired) electrons. The van der Waals surface area contributed by atoms with Gasteiger partial charge in [0.05, 0.1) is 19.3 Å². The van der Waals surface area contributed by atoms with Crippen LogP contribution in [-0.4, -0.2) is 99.1 Å². The number of rotatable bonds is 27. The molecule has 8 nitrogen and oxygen atoms in total. The molecule has 0 saturated carbocycles. The summed E-state index contributed by atoms with van der Waals surface area (Å²) in [6, 6.07) is 1.59. The quantitative estimate of drug-likeness (QED) is 0.0770. The van der Waals surface area contributed by atoms with Gasteiger partial charge in [-0.2, -0.15) is 13.2 Å². The second kappa shape index (κ2) is 20.4. The maximum Gasteiger partial charge on any atom is 0.500 e.